The minimum atomic E-state index is -0.133. The van der Waals surface area contributed by atoms with Crippen LogP contribution in [0.4, 0.5) is 0 Å². The van der Waals surface area contributed by atoms with Gasteiger partial charge in [-0.3, -0.25) is 14.6 Å². The van der Waals surface area contributed by atoms with Gasteiger partial charge in [-0.1, -0.05) is 47.5 Å². The van der Waals surface area contributed by atoms with Gasteiger partial charge in [-0.05, 0) is 42.0 Å². The smallest absolute Gasteiger partial charge is 0.251 e. The Hall–Kier alpha value is -3.61. The van der Waals surface area contributed by atoms with Crippen molar-refractivity contribution in [1.29, 1.82) is 0 Å². The van der Waals surface area contributed by atoms with Crippen molar-refractivity contribution < 1.29 is 14.3 Å². The van der Waals surface area contributed by atoms with E-state index < -0.39 is 0 Å². The summed E-state index contributed by atoms with van der Waals surface area (Å²) >= 11 is 12.1. The molecule has 4 rings (SSSR count). The summed E-state index contributed by atoms with van der Waals surface area (Å²) in [6.45, 7) is 0.961. The third kappa shape index (κ3) is 6.04. The van der Waals surface area contributed by atoms with Crippen molar-refractivity contribution in [3.63, 3.8) is 0 Å². The largest absolute Gasteiger partial charge is 0.462 e. The van der Waals surface area contributed by atoms with Gasteiger partial charge in [0.1, 0.15) is 12.0 Å². The molecule has 1 heterocycles. The van der Waals surface area contributed by atoms with Crippen LogP contribution in [-0.4, -0.2) is 35.9 Å². The van der Waals surface area contributed by atoms with E-state index in [2.05, 4.69) is 10.3 Å². The first kappa shape index (κ1) is 23.5. The zero-order valence-corrected chi connectivity index (χ0v) is 19.6. The molecule has 0 saturated carbocycles. The minimum Gasteiger partial charge on any atom is -0.462 e. The van der Waals surface area contributed by atoms with Crippen molar-refractivity contribution in [2.75, 3.05) is 13.1 Å². The molecule has 1 aliphatic heterocycles. The van der Waals surface area contributed by atoms with Crippen LogP contribution in [0.3, 0.4) is 0 Å². The fourth-order valence-electron chi connectivity index (χ4n) is 3.35. The second-order valence-electron chi connectivity index (χ2n) is 7.53. The van der Waals surface area contributed by atoms with E-state index in [4.69, 9.17) is 27.9 Å². The third-order valence-electron chi connectivity index (χ3n) is 5.10. The van der Waals surface area contributed by atoms with Crippen LogP contribution in [0.25, 0.3) is 0 Å². The van der Waals surface area contributed by atoms with Gasteiger partial charge in [0.25, 0.3) is 5.91 Å². The molecule has 172 valence electrons. The molecule has 0 fully saturated rings. The summed E-state index contributed by atoms with van der Waals surface area (Å²) < 4.78 is 5.71. The summed E-state index contributed by atoms with van der Waals surface area (Å²) in [5.41, 5.74) is 2.68. The number of aliphatic imine (C=N–C) groups is 1. The third-order valence-corrected chi connectivity index (χ3v) is 5.84. The molecule has 0 saturated heterocycles. The number of ketones is 1. The maximum Gasteiger partial charge on any atom is 0.251 e. The highest BCUT2D eigenvalue weighted by Gasteiger charge is 2.21. The number of halogens is 2. The number of carbonyl (C=O) groups excluding carboxylic acids is 2. The Morgan fingerprint density at radius 1 is 1.12 bits per heavy atom. The topological polar surface area (TPSA) is 71.0 Å². The van der Waals surface area contributed by atoms with Crippen LogP contribution in [0, 0.1) is 0 Å². The maximum absolute atomic E-state index is 12.2. The summed E-state index contributed by atoms with van der Waals surface area (Å²) in [5.74, 6) is 0.354. The molecule has 2 aliphatic rings. The van der Waals surface area contributed by atoms with Gasteiger partial charge in [0.05, 0.1) is 15.7 Å². The van der Waals surface area contributed by atoms with Crippen molar-refractivity contribution >= 4 is 41.1 Å². The average molecular weight is 494 g/mol. The molecule has 1 aliphatic carbocycles. The van der Waals surface area contributed by atoms with Gasteiger partial charge in [0.15, 0.2) is 5.78 Å². The highest BCUT2D eigenvalue weighted by atomic mass is 35.5. The zero-order chi connectivity index (χ0) is 23.9. The average Bonchev–Trinajstić information content (AvgIpc) is 2.86. The number of carbonyl (C=O) groups is 2. The number of hydrogen-bond acceptors (Lipinski definition) is 5. The molecule has 6 nitrogen and oxygen atoms in total. The molecule has 8 heteroatoms. The van der Waals surface area contributed by atoms with Crippen LogP contribution in [0.1, 0.15) is 22.3 Å². The molecule has 1 amide bonds. The normalized spacial score (nSPS) is 15.5. The van der Waals surface area contributed by atoms with Gasteiger partial charge in [0.2, 0.25) is 0 Å². The molecule has 0 unspecified atom stereocenters. The van der Waals surface area contributed by atoms with E-state index in [1.165, 1.54) is 6.08 Å². The molecule has 0 bridgehead atoms. The predicted octanol–water partition coefficient (Wildman–Crippen LogP) is 5.27. The number of nitrogens with zero attached hydrogens (tertiary/aromatic N) is 2. The van der Waals surface area contributed by atoms with Crippen LogP contribution in [0.5, 0.6) is 0 Å². The monoisotopic (exact) mass is 493 g/mol. The van der Waals surface area contributed by atoms with Crippen LogP contribution < -0.4 is 5.32 Å². The van der Waals surface area contributed by atoms with E-state index in [0.29, 0.717) is 45.7 Å². The molecule has 0 radical (unpaired) electrons. The lowest BCUT2D eigenvalue weighted by Crippen LogP contribution is -2.31. The van der Waals surface area contributed by atoms with Crippen LogP contribution >= 0.6 is 23.2 Å². The highest BCUT2D eigenvalue weighted by molar-refractivity contribution is 6.42. The van der Waals surface area contributed by atoms with Gasteiger partial charge >= 0.3 is 0 Å². The molecule has 0 atom stereocenters. The van der Waals surface area contributed by atoms with Crippen molar-refractivity contribution in [3.8, 4) is 0 Å². The predicted molar refractivity (Wildman–Crippen MR) is 134 cm³/mol. The molecule has 34 heavy (non-hydrogen) atoms. The second kappa shape index (κ2) is 11.0. The van der Waals surface area contributed by atoms with Gasteiger partial charge < -0.3 is 15.0 Å². The number of rotatable bonds is 7. The number of benzene rings is 2. The lowest BCUT2D eigenvalue weighted by Gasteiger charge is -2.24. The summed E-state index contributed by atoms with van der Waals surface area (Å²) in [7, 11) is 0. The van der Waals surface area contributed by atoms with Crippen LogP contribution in [0.2, 0.25) is 10.0 Å². The van der Waals surface area contributed by atoms with Crippen molar-refractivity contribution in [3.05, 3.63) is 118 Å². The number of allylic oxidation sites excluding steroid dienone is 3. The Morgan fingerprint density at radius 3 is 2.74 bits per heavy atom. The first-order chi connectivity index (χ1) is 16.5. The van der Waals surface area contributed by atoms with Crippen molar-refractivity contribution in [1.82, 2.24) is 10.2 Å². The fourth-order valence-corrected chi connectivity index (χ4v) is 3.66. The van der Waals surface area contributed by atoms with Gasteiger partial charge in [-0.2, -0.15) is 0 Å². The van der Waals surface area contributed by atoms with E-state index in [-0.39, 0.29) is 18.1 Å². The number of amides is 1. The first-order valence-electron chi connectivity index (χ1n) is 10.6. The van der Waals surface area contributed by atoms with Gasteiger partial charge in [-0.25, -0.2) is 0 Å². The molecule has 2 aromatic carbocycles. The first-order valence-corrected chi connectivity index (χ1v) is 11.3. The van der Waals surface area contributed by atoms with Crippen molar-refractivity contribution in [2.24, 2.45) is 4.99 Å². The molecule has 0 spiro atoms. The molecule has 0 aromatic heterocycles. The molecule has 1 N–H and O–H groups in total. The van der Waals surface area contributed by atoms with E-state index in [0.717, 1.165) is 5.56 Å². The fraction of sp³-hybridized carbons (Fsp3) is 0.115. The number of hydrogen-bond donors (Lipinski definition) is 1. The SMILES string of the molecule is O=C1C=CC(N=Cc2ccc(Cl)c(Cl)c2)=C(C2=CN(CCNC(=O)c3ccccc3)C=CO2)C1. The Kier molecular flexibility index (Phi) is 7.62. The molecular formula is C26H21Cl2N3O3. The molecular weight excluding hydrogens is 473 g/mol. The quantitative estimate of drug-likeness (QED) is 0.533. The summed E-state index contributed by atoms with van der Waals surface area (Å²) in [6.07, 6.45) is 10.1. The minimum absolute atomic E-state index is 0.0378. The van der Waals surface area contributed by atoms with Gasteiger partial charge in [-0.15, -0.1) is 0 Å². The van der Waals surface area contributed by atoms with Gasteiger partial charge in [0, 0.05) is 49.3 Å². The Labute approximate surface area is 207 Å². The lowest BCUT2D eigenvalue weighted by atomic mass is 9.99. The van der Waals surface area contributed by atoms with E-state index in [9.17, 15) is 9.59 Å². The summed E-state index contributed by atoms with van der Waals surface area (Å²) in [6, 6.07) is 14.3. The number of nitrogens with one attached hydrogen (secondary N) is 1. The Balaban J connectivity index is 1.47. The summed E-state index contributed by atoms with van der Waals surface area (Å²) in [4.78, 5) is 30.8. The molecule has 2 aromatic rings. The zero-order valence-electron chi connectivity index (χ0n) is 18.1. The van der Waals surface area contributed by atoms with E-state index in [1.54, 1.807) is 61.3 Å². The Bertz CT molecular complexity index is 1250. The Morgan fingerprint density at radius 2 is 1.94 bits per heavy atom. The lowest BCUT2D eigenvalue weighted by molar-refractivity contribution is -0.114. The van der Waals surface area contributed by atoms with Crippen molar-refractivity contribution in [2.45, 2.75) is 6.42 Å². The van der Waals surface area contributed by atoms with E-state index >= 15 is 0 Å². The summed E-state index contributed by atoms with van der Waals surface area (Å²) in [5, 5.41) is 3.80. The van der Waals surface area contributed by atoms with E-state index in [1.807, 2.05) is 23.1 Å². The second-order valence-corrected chi connectivity index (χ2v) is 8.34. The highest BCUT2D eigenvalue weighted by Crippen LogP contribution is 2.28. The maximum atomic E-state index is 12.2. The van der Waals surface area contributed by atoms with Crippen LogP contribution in [0.15, 0.2) is 101 Å². The number of ether oxygens (including phenoxy) is 1. The van der Waals surface area contributed by atoms with Crippen LogP contribution in [-0.2, 0) is 9.53 Å². The standard InChI is InChI=1S/C26H21Cl2N3O3/c27-22-8-6-18(14-23(22)28)16-30-24-9-7-20(32)15-21(24)25-17-31(12-13-34-25)11-10-29-26(33)19-4-2-1-3-5-19/h1-9,12-14,16-17H,10-11,15H2,(H,29,33).